The van der Waals surface area contributed by atoms with Crippen LogP contribution in [0, 0.1) is 5.92 Å². The van der Waals surface area contributed by atoms with Gasteiger partial charge in [-0.25, -0.2) is 0 Å². The Morgan fingerprint density at radius 1 is 1.22 bits per heavy atom. The van der Waals surface area contributed by atoms with Crippen molar-refractivity contribution in [3.8, 4) is 0 Å². The van der Waals surface area contributed by atoms with Crippen LogP contribution in [0.1, 0.15) is 34.3 Å². The lowest BCUT2D eigenvalue weighted by molar-refractivity contribution is -0.123. The van der Waals surface area contributed by atoms with Crippen molar-refractivity contribution in [2.75, 3.05) is 18.4 Å². The van der Waals surface area contributed by atoms with Crippen LogP contribution in [0.4, 0.5) is 5.69 Å². The normalized spacial score (nSPS) is 17.4. The van der Waals surface area contributed by atoms with Crippen LogP contribution in [0.25, 0.3) is 0 Å². The van der Waals surface area contributed by atoms with E-state index in [4.69, 9.17) is 11.5 Å². The molecule has 3 rings (SSSR count). The number of likely N-dealkylation sites (tertiary alicyclic amines) is 1. The number of primary amides is 2. The van der Waals surface area contributed by atoms with Gasteiger partial charge in [-0.05, 0) is 36.6 Å². The number of aromatic nitrogens is 1. The number of anilines is 1. The van der Waals surface area contributed by atoms with Gasteiger partial charge in [0.1, 0.15) is 0 Å². The molecule has 0 aliphatic carbocycles. The molecule has 2 heterocycles. The summed E-state index contributed by atoms with van der Waals surface area (Å²) in [5.41, 5.74) is 14.2. The van der Waals surface area contributed by atoms with Gasteiger partial charge in [-0.1, -0.05) is 24.3 Å². The van der Waals surface area contributed by atoms with E-state index in [0.29, 0.717) is 17.8 Å². The van der Waals surface area contributed by atoms with Gasteiger partial charge in [0.05, 0.1) is 17.2 Å². The number of piperidine rings is 1. The van der Waals surface area contributed by atoms with Crippen molar-refractivity contribution in [2.24, 2.45) is 17.4 Å². The van der Waals surface area contributed by atoms with Gasteiger partial charge in [0.15, 0.2) is 0 Å². The van der Waals surface area contributed by atoms with Gasteiger partial charge in [-0.15, -0.1) is 0 Å². The molecule has 7 heteroatoms. The fraction of sp³-hybridized carbons (Fsp3) is 0.350. The number of amides is 2. The summed E-state index contributed by atoms with van der Waals surface area (Å²) in [6, 6.07) is 10.00. The van der Waals surface area contributed by atoms with E-state index in [1.54, 1.807) is 12.3 Å². The minimum atomic E-state index is -0.506. The Balaban J connectivity index is 1.62. The Bertz CT molecular complexity index is 824. The molecule has 0 radical (unpaired) electrons. The van der Waals surface area contributed by atoms with Crippen LogP contribution in [-0.4, -0.2) is 34.8 Å². The van der Waals surface area contributed by atoms with Crippen molar-refractivity contribution in [3.63, 3.8) is 0 Å². The smallest absolute Gasteiger partial charge is 0.252 e. The van der Waals surface area contributed by atoms with Gasteiger partial charge in [0.2, 0.25) is 5.91 Å². The highest BCUT2D eigenvalue weighted by Crippen LogP contribution is 2.19. The van der Waals surface area contributed by atoms with Crippen molar-refractivity contribution < 1.29 is 9.59 Å². The molecule has 142 valence electrons. The molecule has 1 atom stereocenters. The number of rotatable bonds is 7. The highest BCUT2D eigenvalue weighted by atomic mass is 16.1. The SMILES string of the molecule is NC(=O)c1cnccc1NCc1cccc(CN2CCCC(C(N)=O)C2)c1. The highest BCUT2D eigenvalue weighted by molar-refractivity contribution is 5.98. The van der Waals surface area contributed by atoms with Gasteiger partial charge < -0.3 is 16.8 Å². The van der Waals surface area contributed by atoms with Crippen LogP contribution >= 0.6 is 0 Å². The molecular formula is C20H25N5O2. The number of benzene rings is 1. The van der Waals surface area contributed by atoms with Crippen molar-refractivity contribution in [1.29, 1.82) is 0 Å². The third kappa shape index (κ3) is 5.04. The molecule has 5 N–H and O–H groups in total. The molecule has 1 aliphatic rings. The summed E-state index contributed by atoms with van der Waals surface area (Å²) in [6.45, 7) is 3.06. The zero-order valence-corrected chi connectivity index (χ0v) is 15.2. The van der Waals surface area contributed by atoms with Crippen LogP contribution in [0.2, 0.25) is 0 Å². The topological polar surface area (TPSA) is 114 Å². The molecule has 0 spiro atoms. The number of pyridine rings is 1. The number of nitrogens with zero attached hydrogens (tertiary/aromatic N) is 2. The molecule has 0 saturated carbocycles. The maximum absolute atomic E-state index is 11.5. The first-order chi connectivity index (χ1) is 13.0. The fourth-order valence-corrected chi connectivity index (χ4v) is 3.47. The molecule has 1 fully saturated rings. The Morgan fingerprint density at radius 3 is 2.81 bits per heavy atom. The second-order valence-corrected chi connectivity index (χ2v) is 6.94. The Hall–Kier alpha value is -2.93. The van der Waals surface area contributed by atoms with Crippen molar-refractivity contribution in [3.05, 3.63) is 59.4 Å². The number of hydrogen-bond acceptors (Lipinski definition) is 5. The predicted octanol–water partition coefficient (Wildman–Crippen LogP) is 1.49. The third-order valence-corrected chi connectivity index (χ3v) is 4.87. The second-order valence-electron chi connectivity index (χ2n) is 6.94. The summed E-state index contributed by atoms with van der Waals surface area (Å²) in [4.78, 5) is 29.2. The zero-order chi connectivity index (χ0) is 19.2. The van der Waals surface area contributed by atoms with E-state index in [9.17, 15) is 9.59 Å². The number of nitrogens with two attached hydrogens (primary N) is 2. The molecule has 1 unspecified atom stereocenters. The molecule has 1 aliphatic heterocycles. The van der Waals surface area contributed by atoms with Gasteiger partial charge in [-0.3, -0.25) is 19.5 Å². The maximum Gasteiger partial charge on any atom is 0.252 e. The molecular weight excluding hydrogens is 342 g/mol. The third-order valence-electron chi connectivity index (χ3n) is 4.87. The fourth-order valence-electron chi connectivity index (χ4n) is 3.47. The van der Waals surface area contributed by atoms with E-state index in [0.717, 1.165) is 38.0 Å². The van der Waals surface area contributed by atoms with E-state index < -0.39 is 5.91 Å². The average molecular weight is 367 g/mol. The van der Waals surface area contributed by atoms with Crippen LogP contribution in [0.3, 0.4) is 0 Å². The number of carbonyl (C=O) groups excluding carboxylic acids is 2. The van der Waals surface area contributed by atoms with Crippen LogP contribution in [-0.2, 0) is 17.9 Å². The van der Waals surface area contributed by atoms with Gasteiger partial charge in [-0.2, -0.15) is 0 Å². The monoisotopic (exact) mass is 367 g/mol. The maximum atomic E-state index is 11.5. The van der Waals surface area contributed by atoms with Crippen molar-refractivity contribution in [2.45, 2.75) is 25.9 Å². The van der Waals surface area contributed by atoms with E-state index in [1.807, 2.05) is 12.1 Å². The first kappa shape index (κ1) is 18.8. The summed E-state index contributed by atoms with van der Waals surface area (Å²) >= 11 is 0. The Labute approximate surface area is 158 Å². The number of hydrogen-bond donors (Lipinski definition) is 3. The summed E-state index contributed by atoms with van der Waals surface area (Å²) in [5, 5.41) is 3.25. The molecule has 7 nitrogen and oxygen atoms in total. The molecule has 1 aromatic heterocycles. The minimum Gasteiger partial charge on any atom is -0.380 e. The lowest BCUT2D eigenvalue weighted by Crippen LogP contribution is -2.40. The first-order valence-electron chi connectivity index (χ1n) is 9.10. The summed E-state index contributed by atoms with van der Waals surface area (Å²) in [5.74, 6) is -0.767. The standard InChI is InChI=1S/C20H25N5O2/c21-19(26)16-5-2-8-25(13-16)12-15-4-1-3-14(9-15)10-24-18-6-7-23-11-17(18)20(22)27/h1,3-4,6-7,9,11,16H,2,5,8,10,12-13H2,(H2,21,26)(H2,22,27)(H,23,24). The number of nitrogens with one attached hydrogen (secondary N) is 1. The predicted molar refractivity (Wildman–Crippen MR) is 104 cm³/mol. The lowest BCUT2D eigenvalue weighted by Gasteiger charge is -2.31. The van der Waals surface area contributed by atoms with Gasteiger partial charge in [0.25, 0.3) is 5.91 Å². The second kappa shape index (κ2) is 8.64. The molecule has 1 saturated heterocycles. The molecule has 1 aromatic carbocycles. The van der Waals surface area contributed by atoms with Crippen LogP contribution in [0.5, 0.6) is 0 Å². The molecule has 2 amide bonds. The highest BCUT2D eigenvalue weighted by Gasteiger charge is 2.23. The summed E-state index contributed by atoms with van der Waals surface area (Å²) in [6.07, 6.45) is 4.96. The van der Waals surface area contributed by atoms with Crippen LogP contribution in [0.15, 0.2) is 42.7 Å². The zero-order valence-electron chi connectivity index (χ0n) is 15.2. The minimum absolute atomic E-state index is 0.0532. The average Bonchev–Trinajstić information content (AvgIpc) is 2.67. The Kier molecular flexibility index (Phi) is 6.03. The van der Waals surface area contributed by atoms with E-state index >= 15 is 0 Å². The molecule has 2 aromatic rings. The van der Waals surface area contributed by atoms with E-state index in [2.05, 4.69) is 27.3 Å². The van der Waals surface area contributed by atoms with E-state index in [-0.39, 0.29) is 11.8 Å². The Morgan fingerprint density at radius 2 is 2.04 bits per heavy atom. The van der Waals surface area contributed by atoms with Gasteiger partial charge in [0, 0.05) is 32.0 Å². The molecule has 27 heavy (non-hydrogen) atoms. The van der Waals surface area contributed by atoms with Crippen molar-refractivity contribution >= 4 is 17.5 Å². The van der Waals surface area contributed by atoms with E-state index in [1.165, 1.54) is 11.8 Å². The summed E-state index contributed by atoms with van der Waals surface area (Å²) < 4.78 is 0. The largest absolute Gasteiger partial charge is 0.380 e. The lowest BCUT2D eigenvalue weighted by atomic mass is 9.97. The van der Waals surface area contributed by atoms with Crippen LogP contribution < -0.4 is 16.8 Å². The van der Waals surface area contributed by atoms with Crippen molar-refractivity contribution in [1.82, 2.24) is 9.88 Å². The molecule has 0 bridgehead atoms. The van der Waals surface area contributed by atoms with Gasteiger partial charge >= 0.3 is 0 Å². The quantitative estimate of drug-likeness (QED) is 0.686. The first-order valence-corrected chi connectivity index (χ1v) is 9.10. The number of carbonyl (C=O) groups is 2. The summed E-state index contributed by atoms with van der Waals surface area (Å²) in [7, 11) is 0.